The molecule has 1 amide bonds. The van der Waals surface area contributed by atoms with Crippen molar-refractivity contribution in [3.05, 3.63) is 76.5 Å². The van der Waals surface area contributed by atoms with Gasteiger partial charge in [-0.1, -0.05) is 23.8 Å². The second-order valence-electron chi connectivity index (χ2n) is 8.30. The lowest BCUT2D eigenvalue weighted by molar-refractivity contribution is -0.135. The molecule has 2 aromatic carbocycles. The molecule has 180 valence electrons. The van der Waals surface area contributed by atoms with E-state index in [0.717, 1.165) is 25.2 Å². The van der Waals surface area contributed by atoms with Gasteiger partial charge in [-0.2, -0.15) is 0 Å². The lowest BCUT2D eigenvalue weighted by atomic mass is 10.2. The number of amides is 1. The predicted octanol–water partition coefficient (Wildman–Crippen LogP) is 3.60. The van der Waals surface area contributed by atoms with Crippen molar-refractivity contribution in [3.63, 3.8) is 0 Å². The fourth-order valence-electron chi connectivity index (χ4n) is 3.77. The molecular weight excluding hydrogens is 470 g/mol. The van der Waals surface area contributed by atoms with Crippen molar-refractivity contribution in [3.8, 4) is 5.75 Å². The van der Waals surface area contributed by atoms with Crippen LogP contribution in [0.15, 0.2) is 70.9 Å². The first-order valence-corrected chi connectivity index (χ1v) is 13.5. The Morgan fingerprint density at radius 2 is 1.68 bits per heavy atom. The van der Waals surface area contributed by atoms with E-state index in [1.165, 1.54) is 16.2 Å². The fraction of sp³-hybridized carbons (Fsp3) is 0.320. The average molecular weight is 500 g/mol. The molecule has 9 heteroatoms. The number of nitrogens with zero attached hydrogens (tertiary/aromatic N) is 3. The van der Waals surface area contributed by atoms with E-state index in [1.54, 1.807) is 59.9 Å². The Labute approximate surface area is 205 Å². The molecule has 3 aromatic rings. The van der Waals surface area contributed by atoms with E-state index >= 15 is 0 Å². The number of rotatable bonds is 8. The summed E-state index contributed by atoms with van der Waals surface area (Å²) in [7, 11) is -2.13. The third-order valence-electron chi connectivity index (χ3n) is 5.93. The van der Waals surface area contributed by atoms with E-state index in [1.807, 2.05) is 11.8 Å². The second-order valence-corrected chi connectivity index (χ2v) is 11.3. The molecule has 2 heterocycles. The molecule has 1 aliphatic rings. The van der Waals surface area contributed by atoms with Gasteiger partial charge >= 0.3 is 0 Å². The first kappa shape index (κ1) is 24.3. The SMILES string of the molecule is Cc1ccc(S(=O)(=O)N(C)c2ccc(OCC(=O)N3CCN(Cc4cccs4)CC3)cc2)cc1. The van der Waals surface area contributed by atoms with E-state index in [2.05, 4.69) is 22.4 Å². The van der Waals surface area contributed by atoms with Gasteiger partial charge in [0, 0.05) is 44.6 Å². The summed E-state index contributed by atoms with van der Waals surface area (Å²) in [6.45, 7) is 5.87. The van der Waals surface area contributed by atoms with Crippen LogP contribution in [0, 0.1) is 6.92 Å². The van der Waals surface area contributed by atoms with Gasteiger partial charge in [0.05, 0.1) is 10.6 Å². The molecule has 7 nitrogen and oxygen atoms in total. The standard InChI is InChI=1S/C25H29N3O4S2/c1-20-5-11-24(12-6-20)34(30,31)26(2)21-7-9-22(10-8-21)32-19-25(29)28-15-13-27(14-16-28)18-23-4-3-17-33-23/h3-12,17H,13-16,18-19H2,1-2H3. The van der Waals surface area contributed by atoms with Crippen molar-refractivity contribution in [2.24, 2.45) is 0 Å². The van der Waals surface area contributed by atoms with Crippen molar-refractivity contribution < 1.29 is 17.9 Å². The lowest BCUT2D eigenvalue weighted by Crippen LogP contribution is -2.49. The summed E-state index contributed by atoms with van der Waals surface area (Å²) in [5.41, 5.74) is 1.51. The molecule has 34 heavy (non-hydrogen) atoms. The van der Waals surface area contributed by atoms with Crippen molar-refractivity contribution >= 4 is 33.0 Å². The van der Waals surface area contributed by atoms with Crippen LogP contribution in [0.5, 0.6) is 5.75 Å². The van der Waals surface area contributed by atoms with Gasteiger partial charge in [0.1, 0.15) is 5.75 Å². The van der Waals surface area contributed by atoms with Crippen LogP contribution in [0.1, 0.15) is 10.4 Å². The maximum absolute atomic E-state index is 12.9. The van der Waals surface area contributed by atoms with Gasteiger partial charge in [0.2, 0.25) is 0 Å². The molecule has 0 bridgehead atoms. The lowest BCUT2D eigenvalue weighted by Gasteiger charge is -2.34. The maximum Gasteiger partial charge on any atom is 0.264 e. The highest BCUT2D eigenvalue weighted by Crippen LogP contribution is 2.24. The Morgan fingerprint density at radius 3 is 2.29 bits per heavy atom. The molecule has 1 fully saturated rings. The molecule has 0 spiro atoms. The molecular formula is C25H29N3O4S2. The number of carbonyl (C=O) groups excluding carboxylic acids is 1. The monoisotopic (exact) mass is 499 g/mol. The van der Waals surface area contributed by atoms with Crippen LogP contribution in [0.25, 0.3) is 0 Å². The Kier molecular flexibility index (Phi) is 7.55. The molecule has 0 N–H and O–H groups in total. The number of hydrogen-bond acceptors (Lipinski definition) is 6. The number of benzene rings is 2. The van der Waals surface area contributed by atoms with Crippen LogP contribution < -0.4 is 9.04 Å². The summed E-state index contributed by atoms with van der Waals surface area (Å²) >= 11 is 1.75. The van der Waals surface area contributed by atoms with E-state index < -0.39 is 10.0 Å². The third kappa shape index (κ3) is 5.78. The summed E-state index contributed by atoms with van der Waals surface area (Å²) in [5, 5.41) is 2.08. The van der Waals surface area contributed by atoms with Gasteiger partial charge in [-0.15, -0.1) is 11.3 Å². The predicted molar refractivity (Wildman–Crippen MR) is 135 cm³/mol. The Bertz CT molecular complexity index is 1190. The molecule has 0 saturated carbocycles. The van der Waals surface area contributed by atoms with Crippen LogP contribution in [-0.2, 0) is 21.4 Å². The first-order valence-electron chi connectivity index (χ1n) is 11.1. The number of sulfonamides is 1. The van der Waals surface area contributed by atoms with E-state index in [0.29, 0.717) is 24.5 Å². The van der Waals surface area contributed by atoms with Crippen LogP contribution in [-0.4, -0.2) is 64.0 Å². The normalized spacial score (nSPS) is 14.7. The fourth-order valence-corrected chi connectivity index (χ4v) is 5.72. The molecule has 1 aliphatic heterocycles. The van der Waals surface area contributed by atoms with Crippen molar-refractivity contribution in [1.82, 2.24) is 9.80 Å². The van der Waals surface area contributed by atoms with Crippen LogP contribution >= 0.6 is 11.3 Å². The third-order valence-corrected chi connectivity index (χ3v) is 8.59. The number of hydrogen-bond donors (Lipinski definition) is 0. The zero-order valence-corrected chi connectivity index (χ0v) is 21.0. The minimum absolute atomic E-state index is 0.0399. The number of piperazine rings is 1. The Balaban J connectivity index is 1.27. The van der Waals surface area contributed by atoms with Gasteiger partial charge in [-0.25, -0.2) is 8.42 Å². The Hall–Kier alpha value is -2.88. The summed E-state index contributed by atoms with van der Waals surface area (Å²) < 4.78 is 32.7. The van der Waals surface area contributed by atoms with Crippen molar-refractivity contribution in [2.75, 3.05) is 44.1 Å². The average Bonchev–Trinajstić information content (AvgIpc) is 3.36. The summed E-state index contributed by atoms with van der Waals surface area (Å²) in [4.78, 5) is 18.3. The molecule has 0 aliphatic carbocycles. The smallest absolute Gasteiger partial charge is 0.264 e. The van der Waals surface area contributed by atoms with Crippen LogP contribution in [0.2, 0.25) is 0 Å². The topological polar surface area (TPSA) is 70.2 Å². The summed E-state index contributed by atoms with van der Waals surface area (Å²) in [6, 6.07) is 17.7. The molecule has 4 rings (SSSR count). The number of aryl methyl sites for hydroxylation is 1. The molecule has 0 unspecified atom stereocenters. The van der Waals surface area contributed by atoms with Gasteiger partial charge in [-0.3, -0.25) is 14.0 Å². The quantitative estimate of drug-likeness (QED) is 0.474. The number of ether oxygens (including phenoxy) is 1. The number of thiophene rings is 1. The van der Waals surface area contributed by atoms with Gasteiger partial charge in [0.15, 0.2) is 6.61 Å². The Morgan fingerprint density at radius 1 is 1.00 bits per heavy atom. The second kappa shape index (κ2) is 10.6. The summed E-state index contributed by atoms with van der Waals surface area (Å²) in [5.74, 6) is 0.480. The van der Waals surface area contributed by atoms with E-state index in [4.69, 9.17) is 4.74 Å². The number of anilines is 1. The maximum atomic E-state index is 12.9. The zero-order valence-electron chi connectivity index (χ0n) is 19.4. The van der Waals surface area contributed by atoms with E-state index in [9.17, 15) is 13.2 Å². The molecule has 1 aromatic heterocycles. The van der Waals surface area contributed by atoms with Crippen LogP contribution in [0.3, 0.4) is 0 Å². The van der Waals surface area contributed by atoms with Gasteiger partial charge < -0.3 is 9.64 Å². The van der Waals surface area contributed by atoms with E-state index in [-0.39, 0.29) is 17.4 Å². The van der Waals surface area contributed by atoms with Gasteiger partial charge in [-0.05, 0) is 54.8 Å². The molecule has 1 saturated heterocycles. The first-order chi connectivity index (χ1) is 16.3. The largest absolute Gasteiger partial charge is 0.484 e. The molecule has 0 radical (unpaired) electrons. The van der Waals surface area contributed by atoms with Crippen LogP contribution in [0.4, 0.5) is 5.69 Å². The van der Waals surface area contributed by atoms with Crippen molar-refractivity contribution in [2.45, 2.75) is 18.4 Å². The minimum Gasteiger partial charge on any atom is -0.484 e. The highest BCUT2D eigenvalue weighted by molar-refractivity contribution is 7.92. The summed E-state index contributed by atoms with van der Waals surface area (Å²) in [6.07, 6.45) is 0. The zero-order chi connectivity index (χ0) is 24.1. The van der Waals surface area contributed by atoms with Gasteiger partial charge in [0.25, 0.3) is 15.9 Å². The highest BCUT2D eigenvalue weighted by Gasteiger charge is 2.23. The highest BCUT2D eigenvalue weighted by atomic mass is 32.2. The minimum atomic E-state index is -3.65. The molecule has 0 atom stereocenters. The van der Waals surface area contributed by atoms with Crippen molar-refractivity contribution in [1.29, 1.82) is 0 Å². The number of carbonyl (C=O) groups is 1.